The summed E-state index contributed by atoms with van der Waals surface area (Å²) in [7, 11) is 1.47. The zero-order valence-corrected chi connectivity index (χ0v) is 24.6. The van der Waals surface area contributed by atoms with Gasteiger partial charge in [-0.25, -0.2) is 14.6 Å². The number of alkyl halides is 6. The Labute approximate surface area is 258 Å². The lowest BCUT2D eigenvalue weighted by molar-refractivity contribution is -0.141. The number of hydrogen-bond donors (Lipinski definition) is 0. The van der Waals surface area contributed by atoms with Gasteiger partial charge in [0.05, 0.1) is 32.0 Å². The fourth-order valence-electron chi connectivity index (χ4n) is 5.40. The molecule has 3 aromatic rings. The highest BCUT2D eigenvalue weighted by atomic mass is 19.4. The molecule has 2 saturated heterocycles. The zero-order chi connectivity index (χ0) is 33.1. The summed E-state index contributed by atoms with van der Waals surface area (Å²) in [4.78, 5) is 36.8. The number of piperidine rings is 1. The topological polar surface area (TPSA) is 112 Å². The minimum Gasteiger partial charge on any atom is -0.497 e. The van der Waals surface area contributed by atoms with Crippen molar-refractivity contribution in [1.82, 2.24) is 24.6 Å². The van der Waals surface area contributed by atoms with Crippen LogP contribution in [0.15, 0.2) is 47.7 Å². The number of likely N-dealkylation sites (tertiary alicyclic amines) is 1. The van der Waals surface area contributed by atoms with E-state index in [0.29, 0.717) is 54.9 Å². The number of carbonyl (C=O) groups is 1. The van der Waals surface area contributed by atoms with Crippen molar-refractivity contribution in [2.24, 2.45) is 0 Å². The van der Waals surface area contributed by atoms with Crippen molar-refractivity contribution in [3.8, 4) is 11.5 Å². The summed E-state index contributed by atoms with van der Waals surface area (Å²) in [5.74, 6) is -0.272. The number of carbonyl (C=O) groups excluding carboxylic acids is 1. The van der Waals surface area contributed by atoms with E-state index in [-0.39, 0.29) is 37.7 Å². The summed E-state index contributed by atoms with van der Waals surface area (Å²) in [5, 5.41) is 3.85. The monoisotopic (exact) mass is 656 g/mol. The average Bonchev–Trinajstić information content (AvgIpc) is 3.39. The van der Waals surface area contributed by atoms with E-state index in [0.717, 1.165) is 18.6 Å². The van der Waals surface area contributed by atoms with Gasteiger partial charge in [0.2, 0.25) is 5.95 Å². The van der Waals surface area contributed by atoms with Crippen LogP contribution >= 0.6 is 0 Å². The number of ether oxygens (including phenoxy) is 3. The SMILES string of the molecule is COc1ccc(Cn2ncc(OCCOC3CCN(C4CCN(c5ncc(C(F)(F)F)cn5)CC4)C3=O)c(C(F)(F)F)c2=O)cc1. The van der Waals surface area contributed by atoms with Crippen molar-refractivity contribution in [2.45, 2.75) is 50.3 Å². The molecule has 5 rings (SSSR count). The molecular weight excluding hydrogens is 626 g/mol. The largest absolute Gasteiger partial charge is 0.497 e. The van der Waals surface area contributed by atoms with E-state index >= 15 is 0 Å². The maximum Gasteiger partial charge on any atom is 0.425 e. The second-order valence-corrected chi connectivity index (χ2v) is 10.7. The van der Waals surface area contributed by atoms with Crippen LogP contribution in [0.1, 0.15) is 36.0 Å². The Morgan fingerprint density at radius 2 is 1.54 bits per heavy atom. The number of anilines is 1. The van der Waals surface area contributed by atoms with Crippen molar-refractivity contribution in [2.75, 3.05) is 44.9 Å². The quantitative estimate of drug-likeness (QED) is 0.238. The van der Waals surface area contributed by atoms with Crippen LogP contribution in [0.25, 0.3) is 0 Å². The standard InChI is InChI=1S/C29H30F6N6O5/c1-44-21-4-2-18(3-5-21)17-41-26(43)24(29(33,34)35)23(16-38-41)46-13-12-45-22-8-11-40(25(22)42)20-6-9-39(10-7-20)27-36-14-19(15-37-27)28(30,31)32/h2-5,14-16,20,22H,6-13,17H2,1H3. The molecular formula is C29H30F6N6O5. The number of aromatic nitrogens is 4. The highest BCUT2D eigenvalue weighted by Crippen LogP contribution is 2.33. The second-order valence-electron chi connectivity index (χ2n) is 10.7. The van der Waals surface area contributed by atoms with Crippen LogP contribution in [-0.4, -0.2) is 82.7 Å². The Morgan fingerprint density at radius 3 is 2.15 bits per heavy atom. The molecule has 2 aliphatic heterocycles. The van der Waals surface area contributed by atoms with Gasteiger partial charge in [-0.1, -0.05) is 12.1 Å². The Morgan fingerprint density at radius 1 is 0.870 bits per heavy atom. The number of nitrogens with zero attached hydrogens (tertiary/aromatic N) is 6. The van der Waals surface area contributed by atoms with Gasteiger partial charge in [0.25, 0.3) is 11.5 Å². The third-order valence-corrected chi connectivity index (χ3v) is 7.79. The normalized spacial score (nSPS) is 17.9. The van der Waals surface area contributed by atoms with Crippen molar-refractivity contribution in [1.29, 1.82) is 0 Å². The first-order valence-corrected chi connectivity index (χ1v) is 14.3. The third-order valence-electron chi connectivity index (χ3n) is 7.79. The fraction of sp³-hybridized carbons (Fsp3) is 0.483. The Kier molecular flexibility index (Phi) is 9.69. The van der Waals surface area contributed by atoms with Gasteiger partial charge < -0.3 is 24.0 Å². The molecule has 1 unspecified atom stereocenters. The van der Waals surface area contributed by atoms with Gasteiger partial charge in [-0.15, -0.1) is 0 Å². The van der Waals surface area contributed by atoms with E-state index < -0.39 is 40.9 Å². The van der Waals surface area contributed by atoms with Gasteiger partial charge in [0.15, 0.2) is 11.3 Å². The van der Waals surface area contributed by atoms with Crippen LogP contribution in [0.4, 0.5) is 32.3 Å². The summed E-state index contributed by atoms with van der Waals surface area (Å²) in [6, 6.07) is 6.32. The van der Waals surface area contributed by atoms with Crippen LogP contribution in [0.3, 0.4) is 0 Å². The molecule has 0 radical (unpaired) electrons. The van der Waals surface area contributed by atoms with Crippen LogP contribution in [0.2, 0.25) is 0 Å². The molecule has 4 heterocycles. The Hall–Kier alpha value is -4.41. The molecule has 1 amide bonds. The van der Waals surface area contributed by atoms with Crippen LogP contribution in [-0.2, 0) is 28.4 Å². The molecule has 0 saturated carbocycles. The van der Waals surface area contributed by atoms with E-state index in [1.54, 1.807) is 34.1 Å². The molecule has 0 bridgehead atoms. The maximum absolute atomic E-state index is 13.9. The molecule has 11 nitrogen and oxygen atoms in total. The zero-order valence-electron chi connectivity index (χ0n) is 24.6. The number of amides is 1. The number of halogens is 6. The van der Waals surface area contributed by atoms with Crippen molar-refractivity contribution < 1.29 is 45.3 Å². The maximum atomic E-state index is 13.9. The van der Waals surface area contributed by atoms with Crippen molar-refractivity contribution >= 4 is 11.9 Å². The van der Waals surface area contributed by atoms with E-state index in [2.05, 4.69) is 15.1 Å². The lowest BCUT2D eigenvalue weighted by Crippen LogP contribution is -2.47. The predicted molar refractivity (Wildman–Crippen MR) is 149 cm³/mol. The molecule has 0 aliphatic carbocycles. The molecule has 1 atom stereocenters. The molecule has 0 N–H and O–H groups in total. The van der Waals surface area contributed by atoms with Gasteiger partial charge in [0.1, 0.15) is 18.5 Å². The van der Waals surface area contributed by atoms with Crippen LogP contribution < -0.4 is 19.9 Å². The summed E-state index contributed by atoms with van der Waals surface area (Å²) >= 11 is 0. The lowest BCUT2D eigenvalue weighted by Gasteiger charge is -2.36. The van der Waals surface area contributed by atoms with Gasteiger partial charge >= 0.3 is 12.4 Å². The molecule has 2 aliphatic rings. The number of benzene rings is 1. The van der Waals surface area contributed by atoms with Crippen molar-refractivity contribution in [3.63, 3.8) is 0 Å². The second kappa shape index (κ2) is 13.5. The van der Waals surface area contributed by atoms with Gasteiger partial charge in [-0.3, -0.25) is 9.59 Å². The fourth-order valence-corrected chi connectivity index (χ4v) is 5.40. The van der Waals surface area contributed by atoms with Crippen LogP contribution in [0, 0.1) is 0 Å². The molecule has 0 spiro atoms. The number of rotatable bonds is 10. The van der Waals surface area contributed by atoms with E-state index in [9.17, 15) is 35.9 Å². The van der Waals surface area contributed by atoms with Gasteiger partial charge in [-0.2, -0.15) is 31.4 Å². The summed E-state index contributed by atoms with van der Waals surface area (Å²) in [5.41, 5.74) is -3.25. The first-order valence-electron chi connectivity index (χ1n) is 14.3. The summed E-state index contributed by atoms with van der Waals surface area (Å²) in [6.45, 7) is 0.529. The summed E-state index contributed by atoms with van der Waals surface area (Å²) in [6.07, 6.45) is -6.57. The minimum atomic E-state index is -5.01. The van der Waals surface area contributed by atoms with Crippen LogP contribution in [0.5, 0.6) is 11.5 Å². The highest BCUT2D eigenvalue weighted by Gasteiger charge is 2.40. The molecule has 2 aromatic heterocycles. The lowest BCUT2D eigenvalue weighted by atomic mass is 10.0. The third kappa shape index (κ3) is 7.51. The van der Waals surface area contributed by atoms with E-state index in [4.69, 9.17) is 14.2 Å². The smallest absolute Gasteiger partial charge is 0.425 e. The van der Waals surface area contributed by atoms with Gasteiger partial charge in [-0.05, 0) is 30.5 Å². The molecule has 2 fully saturated rings. The van der Waals surface area contributed by atoms with Crippen molar-refractivity contribution in [3.05, 3.63) is 69.9 Å². The minimum absolute atomic E-state index is 0.118. The first kappa shape index (κ1) is 33.0. The molecule has 46 heavy (non-hydrogen) atoms. The highest BCUT2D eigenvalue weighted by molar-refractivity contribution is 5.83. The average molecular weight is 657 g/mol. The molecule has 248 valence electrons. The molecule has 17 heteroatoms. The van der Waals surface area contributed by atoms with E-state index in [1.807, 2.05) is 0 Å². The first-order chi connectivity index (χ1) is 21.8. The van der Waals surface area contributed by atoms with E-state index in [1.165, 1.54) is 7.11 Å². The predicted octanol–water partition coefficient (Wildman–Crippen LogP) is 3.79. The van der Waals surface area contributed by atoms with Gasteiger partial charge in [0, 0.05) is 44.5 Å². The Balaban J connectivity index is 1.11. The molecule has 1 aromatic carbocycles. The Bertz CT molecular complexity index is 1560. The number of methoxy groups -OCH3 is 1. The summed E-state index contributed by atoms with van der Waals surface area (Å²) < 4.78 is 96.6. The number of hydrogen-bond acceptors (Lipinski definition) is 9.